The summed E-state index contributed by atoms with van der Waals surface area (Å²) >= 11 is 0. The lowest BCUT2D eigenvalue weighted by molar-refractivity contribution is -0.137. The van der Waals surface area contributed by atoms with Crippen molar-refractivity contribution in [2.24, 2.45) is 0 Å². The molecule has 0 aliphatic carbocycles. The molecule has 0 fully saturated rings. The van der Waals surface area contributed by atoms with Gasteiger partial charge in [0.05, 0.1) is 11.1 Å². The van der Waals surface area contributed by atoms with Crippen LogP contribution in [-0.4, -0.2) is 11.9 Å². The lowest BCUT2D eigenvalue weighted by Crippen LogP contribution is -2.33. The predicted octanol–water partition coefficient (Wildman–Crippen LogP) is 3.23. The first-order chi connectivity index (χ1) is 7.86. The lowest BCUT2D eigenvalue weighted by atomic mass is 10.1. The van der Waals surface area contributed by atoms with Crippen LogP contribution in [0.3, 0.4) is 0 Å². The highest BCUT2D eigenvalue weighted by molar-refractivity contribution is 5.96. The standard InChI is InChI=1S/C12H14F3NO/c1-3-8(2)16-11(17)9-6-4-5-7-10(9)12(13,14)15/h4-8H,3H2,1-2H3,(H,16,17)/t8-/m1/s1. The third-order valence-corrected chi connectivity index (χ3v) is 2.47. The molecule has 17 heavy (non-hydrogen) atoms. The Labute approximate surface area is 97.8 Å². The van der Waals surface area contributed by atoms with Crippen molar-refractivity contribution in [2.45, 2.75) is 32.5 Å². The van der Waals surface area contributed by atoms with E-state index in [2.05, 4.69) is 5.32 Å². The molecule has 94 valence electrons. The first kappa shape index (κ1) is 13.5. The average molecular weight is 245 g/mol. The van der Waals surface area contributed by atoms with Crippen LogP contribution in [0.4, 0.5) is 13.2 Å². The van der Waals surface area contributed by atoms with Crippen molar-refractivity contribution >= 4 is 5.91 Å². The molecule has 0 heterocycles. The number of benzene rings is 1. The van der Waals surface area contributed by atoms with Gasteiger partial charge in [0.1, 0.15) is 0 Å². The zero-order valence-electron chi connectivity index (χ0n) is 9.64. The molecule has 1 rings (SSSR count). The molecule has 5 heteroatoms. The van der Waals surface area contributed by atoms with E-state index in [0.29, 0.717) is 6.42 Å². The van der Waals surface area contributed by atoms with Gasteiger partial charge in [0, 0.05) is 6.04 Å². The highest BCUT2D eigenvalue weighted by Gasteiger charge is 2.34. The zero-order chi connectivity index (χ0) is 13.1. The van der Waals surface area contributed by atoms with Crippen LogP contribution < -0.4 is 5.32 Å². The Bertz CT molecular complexity index is 401. The third-order valence-electron chi connectivity index (χ3n) is 2.47. The van der Waals surface area contributed by atoms with E-state index in [-0.39, 0.29) is 11.6 Å². The Kier molecular flexibility index (Phi) is 4.15. The van der Waals surface area contributed by atoms with Gasteiger partial charge >= 0.3 is 6.18 Å². The molecule has 1 aromatic carbocycles. The maximum Gasteiger partial charge on any atom is 0.417 e. The van der Waals surface area contributed by atoms with E-state index in [0.717, 1.165) is 6.07 Å². The fourth-order valence-corrected chi connectivity index (χ4v) is 1.33. The topological polar surface area (TPSA) is 29.1 Å². The van der Waals surface area contributed by atoms with Gasteiger partial charge in [-0.1, -0.05) is 19.1 Å². The van der Waals surface area contributed by atoms with Gasteiger partial charge in [-0.05, 0) is 25.5 Å². The fourth-order valence-electron chi connectivity index (χ4n) is 1.33. The molecule has 0 unspecified atom stereocenters. The van der Waals surface area contributed by atoms with Gasteiger partial charge in [-0.25, -0.2) is 0 Å². The Morgan fingerprint density at radius 3 is 2.47 bits per heavy atom. The Balaban J connectivity index is 3.02. The molecule has 1 atom stereocenters. The third kappa shape index (κ3) is 3.47. The van der Waals surface area contributed by atoms with Gasteiger partial charge in [0.2, 0.25) is 0 Å². The average Bonchev–Trinajstić information content (AvgIpc) is 2.27. The van der Waals surface area contributed by atoms with Crippen LogP contribution in [0, 0.1) is 0 Å². The number of nitrogens with one attached hydrogen (secondary N) is 1. The van der Waals surface area contributed by atoms with Gasteiger partial charge in [0.25, 0.3) is 5.91 Å². The van der Waals surface area contributed by atoms with Crippen molar-refractivity contribution in [1.82, 2.24) is 5.32 Å². The molecule has 0 aliphatic heterocycles. The normalized spacial score (nSPS) is 13.2. The smallest absolute Gasteiger partial charge is 0.350 e. The van der Waals surface area contributed by atoms with Crippen LogP contribution in [-0.2, 0) is 6.18 Å². The van der Waals surface area contributed by atoms with E-state index in [1.807, 2.05) is 6.92 Å². The van der Waals surface area contributed by atoms with Crippen molar-refractivity contribution < 1.29 is 18.0 Å². The number of halogens is 3. The van der Waals surface area contributed by atoms with Crippen LogP contribution in [0.25, 0.3) is 0 Å². The lowest BCUT2D eigenvalue weighted by Gasteiger charge is -2.15. The molecule has 0 saturated carbocycles. The van der Waals surface area contributed by atoms with Crippen LogP contribution in [0.5, 0.6) is 0 Å². The number of alkyl halides is 3. The highest BCUT2D eigenvalue weighted by atomic mass is 19.4. The number of hydrogen-bond donors (Lipinski definition) is 1. The molecule has 0 saturated heterocycles. The first-order valence-electron chi connectivity index (χ1n) is 5.33. The fraction of sp³-hybridized carbons (Fsp3) is 0.417. The minimum atomic E-state index is -4.51. The van der Waals surface area contributed by atoms with Crippen molar-refractivity contribution in [3.63, 3.8) is 0 Å². The molecule has 0 radical (unpaired) electrons. The Morgan fingerprint density at radius 1 is 1.35 bits per heavy atom. The molecule has 0 bridgehead atoms. The van der Waals surface area contributed by atoms with Crippen LogP contribution in [0.2, 0.25) is 0 Å². The largest absolute Gasteiger partial charge is 0.417 e. The number of amides is 1. The molecule has 1 N–H and O–H groups in total. The molecule has 0 spiro atoms. The van der Waals surface area contributed by atoms with Crippen LogP contribution in [0.1, 0.15) is 36.2 Å². The molecule has 0 aliphatic rings. The summed E-state index contributed by atoms with van der Waals surface area (Å²) in [6, 6.07) is 4.62. The summed E-state index contributed by atoms with van der Waals surface area (Å²) in [7, 11) is 0. The molecule has 1 aromatic rings. The molecule has 1 amide bonds. The van der Waals surface area contributed by atoms with Gasteiger partial charge < -0.3 is 5.32 Å². The van der Waals surface area contributed by atoms with E-state index in [1.165, 1.54) is 18.2 Å². The van der Waals surface area contributed by atoms with E-state index in [1.54, 1.807) is 6.92 Å². The highest BCUT2D eigenvalue weighted by Crippen LogP contribution is 2.31. The summed E-state index contributed by atoms with van der Waals surface area (Å²) in [5.41, 5.74) is -1.24. The maximum atomic E-state index is 12.6. The Morgan fingerprint density at radius 2 is 1.94 bits per heavy atom. The Hall–Kier alpha value is -1.52. The van der Waals surface area contributed by atoms with Gasteiger partial charge in [0.15, 0.2) is 0 Å². The molecular formula is C12H14F3NO. The minimum absolute atomic E-state index is 0.149. The SMILES string of the molecule is CC[C@@H](C)NC(=O)c1ccccc1C(F)(F)F. The second-order valence-electron chi connectivity index (χ2n) is 3.83. The zero-order valence-corrected chi connectivity index (χ0v) is 9.64. The first-order valence-corrected chi connectivity index (χ1v) is 5.33. The number of carbonyl (C=O) groups is 1. The summed E-state index contributed by atoms with van der Waals surface area (Å²) in [5.74, 6) is -0.688. The van der Waals surface area contributed by atoms with Crippen molar-refractivity contribution in [3.05, 3.63) is 35.4 Å². The van der Waals surface area contributed by atoms with Gasteiger partial charge in [-0.15, -0.1) is 0 Å². The van der Waals surface area contributed by atoms with E-state index in [9.17, 15) is 18.0 Å². The monoisotopic (exact) mass is 245 g/mol. The van der Waals surface area contributed by atoms with Crippen molar-refractivity contribution in [3.8, 4) is 0 Å². The number of rotatable bonds is 3. The van der Waals surface area contributed by atoms with E-state index in [4.69, 9.17) is 0 Å². The quantitative estimate of drug-likeness (QED) is 0.870. The molecular weight excluding hydrogens is 231 g/mol. The number of carbonyl (C=O) groups excluding carboxylic acids is 1. The minimum Gasteiger partial charge on any atom is -0.350 e. The second-order valence-corrected chi connectivity index (χ2v) is 3.83. The van der Waals surface area contributed by atoms with Gasteiger partial charge in [-0.2, -0.15) is 13.2 Å². The van der Waals surface area contributed by atoms with E-state index >= 15 is 0 Å². The maximum absolute atomic E-state index is 12.6. The second kappa shape index (κ2) is 5.21. The summed E-state index contributed by atoms with van der Waals surface area (Å²) in [6.45, 7) is 3.59. The summed E-state index contributed by atoms with van der Waals surface area (Å²) in [4.78, 5) is 11.7. The van der Waals surface area contributed by atoms with Crippen molar-refractivity contribution in [1.29, 1.82) is 0 Å². The van der Waals surface area contributed by atoms with Crippen LogP contribution in [0.15, 0.2) is 24.3 Å². The molecule has 0 aromatic heterocycles. The summed E-state index contributed by atoms with van der Waals surface area (Å²) < 4.78 is 37.9. The predicted molar refractivity (Wildman–Crippen MR) is 58.7 cm³/mol. The van der Waals surface area contributed by atoms with Crippen molar-refractivity contribution in [2.75, 3.05) is 0 Å². The van der Waals surface area contributed by atoms with E-state index < -0.39 is 17.6 Å². The summed E-state index contributed by atoms with van der Waals surface area (Å²) in [6.07, 6.45) is -3.84. The number of hydrogen-bond acceptors (Lipinski definition) is 1. The van der Waals surface area contributed by atoms with Crippen LogP contribution >= 0.6 is 0 Å². The summed E-state index contributed by atoms with van der Waals surface area (Å²) in [5, 5.41) is 2.52. The van der Waals surface area contributed by atoms with Gasteiger partial charge in [-0.3, -0.25) is 4.79 Å². The molecule has 2 nitrogen and oxygen atoms in total.